The maximum atomic E-state index is 13.3. The molecule has 0 atom stereocenters. The summed E-state index contributed by atoms with van der Waals surface area (Å²) < 4.78 is 38.4. The average molecular weight is 475 g/mol. The molecule has 0 aliphatic rings. The van der Waals surface area contributed by atoms with Crippen LogP contribution in [-0.2, 0) is 0 Å². The number of rotatable bonds is 6. The topological polar surface area (TPSA) is 90.4 Å². The molecule has 0 saturated carbocycles. The normalized spacial score (nSPS) is 11.3. The smallest absolute Gasteiger partial charge is 0.387 e. The standard InChI is InChI=1S/C26H19F2N3O4/c1-14-23(15(2)35-30-14)17-10-20-21(13-31(24(20)29-12-17)18-6-4-3-5-7-18)19-9-8-16(25(32)33)11-22(19)34-26(27)28/h3-13,26H,1-2H3,(H,32,33). The molecule has 0 spiro atoms. The Labute approximate surface area is 198 Å². The molecule has 5 rings (SSSR count). The molecule has 3 heterocycles. The van der Waals surface area contributed by atoms with Crippen molar-refractivity contribution in [3.05, 3.63) is 84.0 Å². The van der Waals surface area contributed by atoms with Crippen LogP contribution >= 0.6 is 0 Å². The summed E-state index contributed by atoms with van der Waals surface area (Å²) in [5.41, 5.74) is 4.35. The summed E-state index contributed by atoms with van der Waals surface area (Å²) in [6.45, 7) is 0.497. The van der Waals surface area contributed by atoms with Crippen molar-refractivity contribution in [1.82, 2.24) is 14.7 Å². The summed E-state index contributed by atoms with van der Waals surface area (Å²) in [5.74, 6) is -0.861. The van der Waals surface area contributed by atoms with Gasteiger partial charge in [-0.3, -0.25) is 0 Å². The SMILES string of the molecule is Cc1noc(C)c1-c1cnc2c(c1)c(-c1ccc(C(=O)O)cc1OC(F)F)cn2-c1ccccc1. The molecule has 0 radical (unpaired) electrons. The number of para-hydroxylation sites is 1. The van der Waals surface area contributed by atoms with Gasteiger partial charge in [0.1, 0.15) is 17.2 Å². The van der Waals surface area contributed by atoms with Crippen molar-refractivity contribution in [2.75, 3.05) is 0 Å². The molecular formula is C26H19F2N3O4. The first-order valence-corrected chi connectivity index (χ1v) is 10.7. The Kier molecular flexibility index (Phi) is 5.52. The molecule has 0 aliphatic heterocycles. The zero-order valence-electron chi connectivity index (χ0n) is 18.7. The van der Waals surface area contributed by atoms with Gasteiger partial charge in [0, 0.05) is 45.7 Å². The van der Waals surface area contributed by atoms with Gasteiger partial charge in [0.05, 0.1) is 11.3 Å². The highest BCUT2D eigenvalue weighted by Crippen LogP contribution is 2.40. The van der Waals surface area contributed by atoms with Crippen LogP contribution in [0.25, 0.3) is 39.0 Å². The molecule has 0 saturated heterocycles. The second-order valence-electron chi connectivity index (χ2n) is 7.94. The lowest BCUT2D eigenvalue weighted by atomic mass is 10.00. The fraction of sp³-hybridized carbons (Fsp3) is 0.115. The van der Waals surface area contributed by atoms with Crippen LogP contribution in [0.2, 0.25) is 0 Å². The van der Waals surface area contributed by atoms with E-state index in [1.54, 1.807) is 19.3 Å². The molecule has 0 bridgehead atoms. The molecule has 0 fully saturated rings. The van der Waals surface area contributed by atoms with Crippen molar-refractivity contribution in [3.63, 3.8) is 0 Å². The number of carbonyl (C=O) groups is 1. The zero-order chi connectivity index (χ0) is 24.7. The predicted molar refractivity (Wildman–Crippen MR) is 125 cm³/mol. The van der Waals surface area contributed by atoms with Crippen LogP contribution in [0.15, 0.2) is 71.5 Å². The van der Waals surface area contributed by atoms with Gasteiger partial charge in [0.2, 0.25) is 0 Å². The van der Waals surface area contributed by atoms with E-state index in [2.05, 4.69) is 10.1 Å². The van der Waals surface area contributed by atoms with Gasteiger partial charge in [0.25, 0.3) is 0 Å². The minimum atomic E-state index is -3.13. The van der Waals surface area contributed by atoms with E-state index in [-0.39, 0.29) is 11.3 Å². The molecular weight excluding hydrogens is 456 g/mol. The lowest BCUT2D eigenvalue weighted by Crippen LogP contribution is -2.05. The van der Waals surface area contributed by atoms with E-state index in [9.17, 15) is 18.7 Å². The van der Waals surface area contributed by atoms with E-state index in [0.717, 1.165) is 22.9 Å². The molecule has 7 nitrogen and oxygen atoms in total. The highest BCUT2D eigenvalue weighted by Gasteiger charge is 2.21. The fourth-order valence-electron chi connectivity index (χ4n) is 4.21. The Morgan fingerprint density at radius 3 is 2.51 bits per heavy atom. The molecule has 3 aromatic heterocycles. The van der Waals surface area contributed by atoms with Crippen LogP contribution in [0.4, 0.5) is 8.78 Å². The number of halogens is 2. The highest BCUT2D eigenvalue weighted by molar-refractivity contribution is 5.99. The Morgan fingerprint density at radius 1 is 1.09 bits per heavy atom. The van der Waals surface area contributed by atoms with Gasteiger partial charge in [-0.15, -0.1) is 0 Å². The molecule has 0 unspecified atom stereocenters. The Bertz CT molecular complexity index is 1540. The molecule has 9 heteroatoms. The second-order valence-corrected chi connectivity index (χ2v) is 7.94. The van der Waals surface area contributed by atoms with Gasteiger partial charge >= 0.3 is 12.6 Å². The minimum absolute atomic E-state index is 0.161. The Balaban J connectivity index is 1.80. The van der Waals surface area contributed by atoms with Crippen molar-refractivity contribution in [2.24, 2.45) is 0 Å². The Morgan fingerprint density at radius 2 is 1.86 bits per heavy atom. The van der Waals surface area contributed by atoms with Crippen LogP contribution in [0.5, 0.6) is 5.75 Å². The molecule has 35 heavy (non-hydrogen) atoms. The lowest BCUT2D eigenvalue weighted by molar-refractivity contribution is -0.0495. The number of benzene rings is 2. The molecule has 0 aliphatic carbocycles. The van der Waals surface area contributed by atoms with E-state index in [1.165, 1.54) is 12.1 Å². The minimum Gasteiger partial charge on any atom is -0.478 e. The van der Waals surface area contributed by atoms with Crippen LogP contribution in [0.1, 0.15) is 21.8 Å². The number of alkyl halides is 2. The third-order valence-electron chi connectivity index (χ3n) is 5.73. The van der Waals surface area contributed by atoms with E-state index >= 15 is 0 Å². The quantitative estimate of drug-likeness (QED) is 0.312. The van der Waals surface area contributed by atoms with Gasteiger partial charge < -0.3 is 18.9 Å². The number of hydrogen-bond donors (Lipinski definition) is 1. The number of ether oxygens (including phenoxy) is 1. The number of hydrogen-bond acceptors (Lipinski definition) is 5. The van der Waals surface area contributed by atoms with Gasteiger partial charge in [-0.05, 0) is 50.2 Å². The van der Waals surface area contributed by atoms with Crippen molar-refractivity contribution in [3.8, 4) is 33.7 Å². The van der Waals surface area contributed by atoms with Crippen molar-refractivity contribution >= 4 is 17.0 Å². The largest absolute Gasteiger partial charge is 0.478 e. The number of aryl methyl sites for hydroxylation is 2. The van der Waals surface area contributed by atoms with Crippen molar-refractivity contribution in [2.45, 2.75) is 20.5 Å². The van der Waals surface area contributed by atoms with E-state index in [0.29, 0.717) is 33.6 Å². The number of carboxylic acids is 1. The molecule has 176 valence electrons. The second kappa shape index (κ2) is 8.68. The first-order valence-electron chi connectivity index (χ1n) is 10.7. The van der Waals surface area contributed by atoms with E-state index in [4.69, 9.17) is 9.26 Å². The van der Waals surface area contributed by atoms with Crippen molar-refractivity contribution < 1.29 is 27.9 Å². The zero-order valence-corrected chi connectivity index (χ0v) is 18.7. The number of aromatic carboxylic acids is 1. The number of fused-ring (bicyclic) bond motifs is 1. The van der Waals surface area contributed by atoms with E-state index < -0.39 is 12.6 Å². The summed E-state index contributed by atoms with van der Waals surface area (Å²) in [5, 5.41) is 14.0. The average Bonchev–Trinajstić information content (AvgIpc) is 3.38. The molecule has 0 amide bonds. The number of pyridine rings is 1. The van der Waals surface area contributed by atoms with Gasteiger partial charge in [-0.1, -0.05) is 23.4 Å². The van der Waals surface area contributed by atoms with Gasteiger partial charge in [-0.2, -0.15) is 8.78 Å². The summed E-state index contributed by atoms with van der Waals surface area (Å²) >= 11 is 0. The molecule has 2 aromatic carbocycles. The van der Waals surface area contributed by atoms with Crippen LogP contribution in [0, 0.1) is 13.8 Å². The third kappa shape index (κ3) is 4.01. The van der Waals surface area contributed by atoms with Crippen LogP contribution < -0.4 is 4.74 Å². The lowest BCUT2D eigenvalue weighted by Gasteiger charge is -2.11. The van der Waals surface area contributed by atoms with Gasteiger partial charge in [-0.25, -0.2) is 9.78 Å². The summed E-state index contributed by atoms with van der Waals surface area (Å²) in [6, 6.07) is 15.3. The summed E-state index contributed by atoms with van der Waals surface area (Å²) in [6.07, 6.45) is 3.49. The van der Waals surface area contributed by atoms with Crippen molar-refractivity contribution in [1.29, 1.82) is 0 Å². The highest BCUT2D eigenvalue weighted by atomic mass is 19.3. The number of nitrogens with zero attached hydrogens (tertiary/aromatic N) is 3. The Hall–Kier alpha value is -4.53. The molecule has 1 N–H and O–H groups in total. The summed E-state index contributed by atoms with van der Waals surface area (Å²) in [4.78, 5) is 16.1. The fourth-order valence-corrected chi connectivity index (χ4v) is 4.21. The summed E-state index contributed by atoms with van der Waals surface area (Å²) in [7, 11) is 0. The monoisotopic (exact) mass is 475 g/mol. The maximum absolute atomic E-state index is 13.3. The third-order valence-corrected chi connectivity index (χ3v) is 5.73. The predicted octanol–water partition coefficient (Wildman–Crippen LogP) is 6.26. The van der Waals surface area contributed by atoms with Gasteiger partial charge in [0.15, 0.2) is 0 Å². The number of aromatic nitrogens is 3. The maximum Gasteiger partial charge on any atom is 0.387 e. The van der Waals surface area contributed by atoms with E-state index in [1.807, 2.05) is 47.9 Å². The first-order chi connectivity index (χ1) is 16.8. The number of carboxylic acid groups (broad SMARTS) is 1. The van der Waals surface area contributed by atoms with Crippen LogP contribution in [0.3, 0.4) is 0 Å². The first kappa shape index (κ1) is 22.3. The van der Waals surface area contributed by atoms with Crippen LogP contribution in [-0.4, -0.2) is 32.4 Å². The molecule has 5 aromatic rings.